The van der Waals surface area contributed by atoms with Crippen molar-refractivity contribution >= 4 is 23.1 Å². The van der Waals surface area contributed by atoms with Crippen molar-refractivity contribution in [3.05, 3.63) is 71.4 Å². The Kier molecular flexibility index (Phi) is 5.84. The molecule has 1 aliphatic heterocycles. The van der Waals surface area contributed by atoms with Crippen molar-refractivity contribution in [3.8, 4) is 0 Å². The van der Waals surface area contributed by atoms with E-state index in [0.717, 1.165) is 5.69 Å². The van der Waals surface area contributed by atoms with E-state index in [1.165, 1.54) is 12.1 Å². The van der Waals surface area contributed by atoms with E-state index in [-0.39, 0.29) is 17.2 Å². The Morgan fingerprint density at radius 1 is 1.16 bits per heavy atom. The molecule has 9 heteroatoms. The molecule has 32 heavy (non-hydrogen) atoms. The number of hydrogen-bond acceptors (Lipinski definition) is 5. The number of carbonyl (C=O) groups excluding carboxylic acids is 1. The van der Waals surface area contributed by atoms with Crippen LogP contribution in [0, 0.1) is 18.6 Å². The first-order valence-corrected chi connectivity index (χ1v) is 10.4. The molecule has 1 amide bonds. The van der Waals surface area contributed by atoms with Gasteiger partial charge in [-0.1, -0.05) is 6.07 Å². The van der Waals surface area contributed by atoms with Crippen LogP contribution in [-0.4, -0.2) is 35.3 Å². The smallest absolute Gasteiger partial charge is 0.254 e. The molecule has 0 atom stereocenters. The maximum absolute atomic E-state index is 14.0. The third-order valence-electron chi connectivity index (χ3n) is 6.17. The van der Waals surface area contributed by atoms with Crippen LogP contribution >= 0.6 is 0 Å². The van der Waals surface area contributed by atoms with E-state index < -0.39 is 11.4 Å². The number of aryl methyl sites for hydroxylation is 1. The van der Waals surface area contributed by atoms with Crippen molar-refractivity contribution in [3.63, 3.8) is 0 Å². The summed E-state index contributed by atoms with van der Waals surface area (Å²) in [6.45, 7) is 3.37. The normalized spacial score (nSPS) is 15.6. The second-order valence-corrected chi connectivity index (χ2v) is 8.18. The van der Waals surface area contributed by atoms with E-state index in [2.05, 4.69) is 15.3 Å². The molecule has 4 rings (SSSR count). The highest BCUT2D eigenvalue weighted by molar-refractivity contribution is 5.98. The van der Waals surface area contributed by atoms with Crippen molar-refractivity contribution in [2.24, 2.45) is 11.5 Å². The highest BCUT2D eigenvalue weighted by atomic mass is 19.1. The Balaban J connectivity index is 1.58. The van der Waals surface area contributed by atoms with Crippen LogP contribution in [0.1, 0.15) is 28.8 Å². The number of nitrogens with two attached hydrogens (primary N) is 2. The van der Waals surface area contributed by atoms with Gasteiger partial charge in [0.15, 0.2) is 5.82 Å². The average molecular weight is 440 g/mol. The molecule has 0 saturated carbocycles. The molecular formula is C23H26F2N6O. The number of piperidine rings is 1. The third-order valence-corrected chi connectivity index (χ3v) is 6.17. The van der Waals surface area contributed by atoms with Gasteiger partial charge in [-0.15, -0.1) is 0 Å². The van der Waals surface area contributed by atoms with Gasteiger partial charge in [0.1, 0.15) is 17.2 Å². The van der Waals surface area contributed by atoms with E-state index >= 15 is 0 Å². The van der Waals surface area contributed by atoms with Crippen molar-refractivity contribution < 1.29 is 13.6 Å². The number of carbonyl (C=O) groups is 1. The molecule has 1 aromatic heterocycles. The van der Waals surface area contributed by atoms with Crippen LogP contribution in [-0.2, 0) is 5.54 Å². The topological polar surface area (TPSA) is 102 Å². The first kappa shape index (κ1) is 21.8. The summed E-state index contributed by atoms with van der Waals surface area (Å²) < 4.78 is 28.9. The monoisotopic (exact) mass is 440 g/mol. The zero-order chi connectivity index (χ0) is 22.9. The third kappa shape index (κ3) is 4.16. The van der Waals surface area contributed by atoms with E-state index in [1.807, 2.05) is 6.07 Å². The molecule has 0 spiro atoms. The Bertz CT molecular complexity index is 1120. The molecule has 168 valence electrons. The molecule has 0 unspecified atom stereocenters. The van der Waals surface area contributed by atoms with Gasteiger partial charge in [-0.3, -0.25) is 9.48 Å². The van der Waals surface area contributed by atoms with Crippen LogP contribution < -0.4 is 21.7 Å². The average Bonchev–Trinajstić information content (AvgIpc) is 3.22. The van der Waals surface area contributed by atoms with Crippen LogP contribution in [0.15, 0.2) is 48.7 Å². The van der Waals surface area contributed by atoms with Gasteiger partial charge in [0, 0.05) is 37.2 Å². The number of halogens is 2. The number of aromatic nitrogens is 2. The summed E-state index contributed by atoms with van der Waals surface area (Å²) in [6.07, 6.45) is 2.94. The maximum Gasteiger partial charge on any atom is 0.254 e. The van der Waals surface area contributed by atoms with Gasteiger partial charge in [0.25, 0.3) is 5.91 Å². The summed E-state index contributed by atoms with van der Waals surface area (Å²) in [5.74, 6) is -0.924. The first-order valence-electron chi connectivity index (χ1n) is 10.4. The zero-order valence-corrected chi connectivity index (χ0v) is 17.8. The van der Waals surface area contributed by atoms with Gasteiger partial charge < -0.3 is 21.7 Å². The molecule has 5 N–H and O–H groups in total. The van der Waals surface area contributed by atoms with Gasteiger partial charge in [-0.25, -0.2) is 8.78 Å². The summed E-state index contributed by atoms with van der Waals surface area (Å²) >= 11 is 0. The van der Waals surface area contributed by atoms with Crippen LogP contribution in [0.2, 0.25) is 0 Å². The lowest BCUT2D eigenvalue weighted by molar-refractivity contribution is 0.100. The number of benzene rings is 2. The lowest BCUT2D eigenvalue weighted by atomic mass is 9.87. The molecule has 2 heterocycles. The summed E-state index contributed by atoms with van der Waals surface area (Å²) in [6, 6.07) is 11.0. The molecule has 1 fully saturated rings. The summed E-state index contributed by atoms with van der Waals surface area (Å²) in [7, 11) is 0. The molecule has 7 nitrogen and oxygen atoms in total. The van der Waals surface area contributed by atoms with Crippen LogP contribution in [0.3, 0.4) is 0 Å². The molecule has 3 aromatic rings. The number of hydrogen-bond donors (Lipinski definition) is 3. The summed E-state index contributed by atoms with van der Waals surface area (Å²) in [4.78, 5) is 14.2. The number of rotatable bonds is 6. The second-order valence-electron chi connectivity index (χ2n) is 8.18. The maximum atomic E-state index is 14.0. The van der Waals surface area contributed by atoms with Crippen molar-refractivity contribution in [1.29, 1.82) is 0 Å². The molecule has 2 aromatic carbocycles. The lowest BCUT2D eigenvalue weighted by Gasteiger charge is -2.42. The van der Waals surface area contributed by atoms with Crippen molar-refractivity contribution in [2.45, 2.75) is 25.3 Å². The van der Waals surface area contributed by atoms with E-state index in [1.54, 1.807) is 42.1 Å². The zero-order valence-electron chi connectivity index (χ0n) is 17.8. The second kappa shape index (κ2) is 8.58. The van der Waals surface area contributed by atoms with Gasteiger partial charge >= 0.3 is 0 Å². The predicted octanol–water partition coefficient (Wildman–Crippen LogP) is 3.27. The van der Waals surface area contributed by atoms with Crippen LogP contribution in [0.5, 0.6) is 0 Å². The lowest BCUT2D eigenvalue weighted by Crippen LogP contribution is -2.50. The fraction of sp³-hybridized carbons (Fsp3) is 0.304. The quantitative estimate of drug-likeness (QED) is 0.546. The first-order chi connectivity index (χ1) is 15.3. The van der Waals surface area contributed by atoms with Crippen molar-refractivity contribution in [1.82, 2.24) is 9.78 Å². The number of nitrogens with zero attached hydrogens (tertiary/aromatic N) is 3. The highest BCUT2D eigenvalue weighted by Gasteiger charge is 2.37. The predicted molar refractivity (Wildman–Crippen MR) is 120 cm³/mol. The summed E-state index contributed by atoms with van der Waals surface area (Å²) in [5.41, 5.74) is 13.5. The standard InChI is InChI=1S/C23H26F2N6O/c1-15-2-7-18(12-20(15)25)30-10-8-23(14-26,9-11-30)31-13-19(21(27)32)22(29-31)28-17-5-3-16(24)4-6-17/h2-7,12-13H,8-11,14,26H2,1H3,(H2,27,32)(H,28,29). The number of amides is 1. The minimum absolute atomic E-state index is 0.227. The molecule has 1 saturated heterocycles. The Labute approximate surface area is 185 Å². The number of primary amides is 1. The number of anilines is 3. The number of nitrogens with one attached hydrogen (secondary N) is 1. The largest absolute Gasteiger partial charge is 0.371 e. The van der Waals surface area contributed by atoms with E-state index in [4.69, 9.17) is 11.5 Å². The fourth-order valence-electron chi connectivity index (χ4n) is 4.05. The van der Waals surface area contributed by atoms with Crippen molar-refractivity contribution in [2.75, 3.05) is 29.9 Å². The summed E-state index contributed by atoms with van der Waals surface area (Å²) in [5, 5.41) is 7.63. The van der Waals surface area contributed by atoms with Gasteiger partial charge in [0.05, 0.1) is 5.54 Å². The minimum atomic E-state index is -0.624. The Morgan fingerprint density at radius 3 is 2.44 bits per heavy atom. The molecule has 0 radical (unpaired) electrons. The van der Waals surface area contributed by atoms with Gasteiger partial charge in [-0.05, 0) is 61.7 Å². The van der Waals surface area contributed by atoms with E-state index in [0.29, 0.717) is 49.5 Å². The van der Waals surface area contributed by atoms with Gasteiger partial charge in [-0.2, -0.15) is 5.10 Å². The SMILES string of the molecule is Cc1ccc(N2CCC(CN)(n3cc(C(N)=O)c(Nc4ccc(F)cc4)n3)CC2)cc1F. The fourth-order valence-corrected chi connectivity index (χ4v) is 4.05. The van der Waals surface area contributed by atoms with E-state index in [9.17, 15) is 13.6 Å². The molecular weight excluding hydrogens is 414 g/mol. The van der Waals surface area contributed by atoms with Gasteiger partial charge in [0.2, 0.25) is 0 Å². The molecule has 1 aliphatic rings. The Morgan fingerprint density at radius 2 is 1.84 bits per heavy atom. The molecule has 0 aliphatic carbocycles. The minimum Gasteiger partial charge on any atom is -0.371 e. The van der Waals surface area contributed by atoms with Crippen LogP contribution in [0.4, 0.5) is 26.0 Å². The van der Waals surface area contributed by atoms with Crippen LogP contribution in [0.25, 0.3) is 0 Å². The Hall–Kier alpha value is -3.46. The highest BCUT2D eigenvalue weighted by Crippen LogP contribution is 2.33. The molecule has 0 bridgehead atoms.